The molecule has 2 aliphatic heterocycles. The van der Waals surface area contributed by atoms with E-state index in [-0.39, 0.29) is 5.91 Å². The lowest BCUT2D eigenvalue weighted by Crippen LogP contribution is -2.40. The van der Waals surface area contributed by atoms with E-state index in [2.05, 4.69) is 40.5 Å². The predicted molar refractivity (Wildman–Crippen MR) is 120 cm³/mol. The van der Waals surface area contributed by atoms with Crippen molar-refractivity contribution in [3.63, 3.8) is 0 Å². The number of rotatable bonds is 5. The highest BCUT2D eigenvalue weighted by Gasteiger charge is 2.22. The summed E-state index contributed by atoms with van der Waals surface area (Å²) in [5.41, 5.74) is 3.46. The first-order valence-corrected chi connectivity index (χ1v) is 11.0. The highest BCUT2D eigenvalue weighted by molar-refractivity contribution is 6.06. The highest BCUT2D eigenvalue weighted by atomic mass is 16.5. The second kappa shape index (κ2) is 8.49. The summed E-state index contributed by atoms with van der Waals surface area (Å²) < 4.78 is 5.62. The molecular weight excluding hydrogens is 372 g/mol. The van der Waals surface area contributed by atoms with Gasteiger partial charge in [-0.1, -0.05) is 48.5 Å². The Labute approximate surface area is 177 Å². The maximum atomic E-state index is 12.8. The van der Waals surface area contributed by atoms with Crippen LogP contribution in [-0.4, -0.2) is 37.0 Å². The number of ether oxygens (including phenoxy) is 1. The molecule has 0 unspecified atom stereocenters. The number of nitrogens with zero attached hydrogens (tertiary/aromatic N) is 1. The van der Waals surface area contributed by atoms with Crippen molar-refractivity contribution in [3.8, 4) is 5.75 Å². The van der Waals surface area contributed by atoms with E-state index in [0.29, 0.717) is 5.92 Å². The molecule has 0 aliphatic carbocycles. The van der Waals surface area contributed by atoms with Gasteiger partial charge in [-0.2, -0.15) is 0 Å². The van der Waals surface area contributed by atoms with Gasteiger partial charge < -0.3 is 10.1 Å². The molecule has 30 heavy (non-hydrogen) atoms. The highest BCUT2D eigenvalue weighted by Crippen LogP contribution is 2.27. The van der Waals surface area contributed by atoms with Gasteiger partial charge in [-0.25, -0.2) is 0 Å². The number of carbonyl (C=O) groups is 1. The van der Waals surface area contributed by atoms with Crippen LogP contribution in [0.1, 0.15) is 34.3 Å². The Bertz CT molecular complexity index is 1060. The van der Waals surface area contributed by atoms with E-state index in [0.717, 1.165) is 61.3 Å². The van der Waals surface area contributed by atoms with Crippen molar-refractivity contribution >= 4 is 16.7 Å². The molecule has 0 bridgehead atoms. The largest absolute Gasteiger partial charge is 0.493 e. The molecule has 0 saturated carbocycles. The molecule has 1 saturated heterocycles. The maximum Gasteiger partial charge on any atom is 0.251 e. The second-order valence-electron chi connectivity index (χ2n) is 8.52. The van der Waals surface area contributed by atoms with Gasteiger partial charge in [-0.3, -0.25) is 9.69 Å². The Balaban J connectivity index is 1.19. The predicted octanol–water partition coefficient (Wildman–Crippen LogP) is 4.42. The first-order chi connectivity index (χ1) is 14.8. The van der Waals surface area contributed by atoms with Crippen molar-refractivity contribution < 1.29 is 9.53 Å². The molecule has 3 aromatic rings. The fraction of sp³-hybridized carbons (Fsp3) is 0.346. The molecule has 4 heteroatoms. The molecule has 0 radical (unpaired) electrons. The topological polar surface area (TPSA) is 41.6 Å². The zero-order chi connectivity index (χ0) is 20.3. The van der Waals surface area contributed by atoms with Gasteiger partial charge in [0.25, 0.3) is 5.91 Å². The van der Waals surface area contributed by atoms with Crippen molar-refractivity contribution in [2.24, 2.45) is 5.92 Å². The van der Waals surface area contributed by atoms with Crippen LogP contribution in [0.5, 0.6) is 5.75 Å². The van der Waals surface area contributed by atoms with Gasteiger partial charge in [0.1, 0.15) is 5.75 Å². The van der Waals surface area contributed by atoms with Crippen LogP contribution in [0.15, 0.2) is 60.7 Å². The molecule has 5 rings (SSSR count). The van der Waals surface area contributed by atoms with Crippen molar-refractivity contribution in [1.82, 2.24) is 10.2 Å². The number of hydrogen-bond acceptors (Lipinski definition) is 3. The van der Waals surface area contributed by atoms with E-state index < -0.39 is 0 Å². The summed E-state index contributed by atoms with van der Waals surface area (Å²) in [6, 6.07) is 20.6. The van der Waals surface area contributed by atoms with Crippen LogP contribution in [-0.2, 0) is 13.0 Å². The van der Waals surface area contributed by atoms with Gasteiger partial charge in [0.15, 0.2) is 0 Å². The van der Waals surface area contributed by atoms with Crippen LogP contribution in [0, 0.1) is 5.92 Å². The van der Waals surface area contributed by atoms with E-state index in [1.807, 2.05) is 30.3 Å². The van der Waals surface area contributed by atoms with Crippen molar-refractivity contribution in [2.45, 2.75) is 25.8 Å². The Morgan fingerprint density at radius 3 is 2.97 bits per heavy atom. The first-order valence-electron chi connectivity index (χ1n) is 11.0. The monoisotopic (exact) mass is 400 g/mol. The third-order valence-electron chi connectivity index (χ3n) is 6.35. The molecule has 2 aliphatic rings. The lowest BCUT2D eigenvalue weighted by molar-refractivity contribution is 0.0932. The number of benzene rings is 3. The summed E-state index contributed by atoms with van der Waals surface area (Å²) in [5.74, 6) is 1.57. The van der Waals surface area contributed by atoms with Crippen LogP contribution in [0.3, 0.4) is 0 Å². The summed E-state index contributed by atoms with van der Waals surface area (Å²) in [4.78, 5) is 15.4. The zero-order valence-corrected chi connectivity index (χ0v) is 17.3. The van der Waals surface area contributed by atoms with E-state index in [1.165, 1.54) is 24.0 Å². The van der Waals surface area contributed by atoms with E-state index in [1.54, 1.807) is 0 Å². The third kappa shape index (κ3) is 4.05. The van der Waals surface area contributed by atoms with E-state index in [4.69, 9.17) is 4.74 Å². The van der Waals surface area contributed by atoms with Crippen LogP contribution in [0.25, 0.3) is 10.8 Å². The smallest absolute Gasteiger partial charge is 0.251 e. The van der Waals surface area contributed by atoms with E-state index in [9.17, 15) is 4.79 Å². The molecule has 3 aromatic carbocycles. The molecule has 0 spiro atoms. The number of hydrogen-bond donors (Lipinski definition) is 1. The lowest BCUT2D eigenvalue weighted by atomic mass is 9.97. The quantitative estimate of drug-likeness (QED) is 0.689. The summed E-state index contributed by atoms with van der Waals surface area (Å²) in [7, 11) is 0. The van der Waals surface area contributed by atoms with E-state index >= 15 is 0 Å². The van der Waals surface area contributed by atoms with Crippen LogP contribution in [0.4, 0.5) is 0 Å². The zero-order valence-electron chi connectivity index (χ0n) is 17.3. The Hall–Kier alpha value is -2.85. The lowest BCUT2D eigenvalue weighted by Gasteiger charge is -2.33. The molecule has 2 heterocycles. The molecule has 0 aromatic heterocycles. The normalized spacial score (nSPS) is 18.7. The minimum atomic E-state index is 0.0301. The molecule has 4 nitrogen and oxygen atoms in total. The van der Waals surface area contributed by atoms with Gasteiger partial charge in [-0.15, -0.1) is 0 Å². The molecule has 1 atom stereocenters. The van der Waals surface area contributed by atoms with Crippen molar-refractivity contribution in [3.05, 3.63) is 77.4 Å². The first kappa shape index (κ1) is 19.1. The van der Waals surface area contributed by atoms with Crippen molar-refractivity contribution in [1.29, 1.82) is 0 Å². The Morgan fingerprint density at radius 1 is 1.10 bits per heavy atom. The van der Waals surface area contributed by atoms with Crippen molar-refractivity contribution in [2.75, 3.05) is 26.2 Å². The molecule has 1 amide bonds. The number of piperidine rings is 1. The maximum absolute atomic E-state index is 12.8. The minimum Gasteiger partial charge on any atom is -0.493 e. The van der Waals surface area contributed by atoms with Gasteiger partial charge in [-0.05, 0) is 59.3 Å². The average molecular weight is 401 g/mol. The van der Waals surface area contributed by atoms with Crippen LogP contribution >= 0.6 is 0 Å². The molecular formula is C26H28N2O2. The number of fused-ring (bicyclic) bond motifs is 2. The number of likely N-dealkylation sites (tertiary alicyclic amines) is 1. The average Bonchev–Trinajstić information content (AvgIpc) is 3.25. The number of carbonyl (C=O) groups excluding carboxylic acids is 1. The number of amides is 1. The van der Waals surface area contributed by atoms with Gasteiger partial charge in [0, 0.05) is 31.6 Å². The SMILES string of the molecule is O=C(NC[C@H]1CCCN(Cc2ccc3c(c2)CCO3)C1)c1cccc2ccccc12. The number of nitrogens with one attached hydrogen (secondary N) is 1. The third-order valence-corrected chi connectivity index (χ3v) is 6.35. The summed E-state index contributed by atoms with van der Waals surface area (Å²) in [6.07, 6.45) is 3.37. The van der Waals surface area contributed by atoms with Gasteiger partial charge >= 0.3 is 0 Å². The fourth-order valence-electron chi connectivity index (χ4n) is 4.81. The van der Waals surface area contributed by atoms with Gasteiger partial charge in [0.2, 0.25) is 0 Å². The Kier molecular flexibility index (Phi) is 5.41. The summed E-state index contributed by atoms with van der Waals surface area (Å²) >= 11 is 0. The standard InChI is InChI=1S/C26H28N2O2/c29-26(24-9-3-7-21-6-1-2-8-23(21)24)27-16-20-5-4-13-28(18-20)17-19-10-11-25-22(15-19)12-14-30-25/h1-3,6-11,15,20H,4-5,12-14,16-18H2,(H,27,29)/t20-/m1/s1. The molecule has 1 N–H and O–H groups in total. The fourth-order valence-corrected chi connectivity index (χ4v) is 4.81. The summed E-state index contributed by atoms with van der Waals surface area (Å²) in [5, 5.41) is 5.32. The van der Waals surface area contributed by atoms with Gasteiger partial charge in [0.05, 0.1) is 6.61 Å². The van der Waals surface area contributed by atoms with Crippen LogP contribution < -0.4 is 10.1 Å². The molecule has 154 valence electrons. The Morgan fingerprint density at radius 2 is 2.00 bits per heavy atom. The molecule has 1 fully saturated rings. The second-order valence-corrected chi connectivity index (χ2v) is 8.52. The van der Waals surface area contributed by atoms with Crippen LogP contribution in [0.2, 0.25) is 0 Å². The minimum absolute atomic E-state index is 0.0301. The summed E-state index contributed by atoms with van der Waals surface area (Å²) in [6.45, 7) is 4.67.